The van der Waals surface area contributed by atoms with Crippen LogP contribution in [0.2, 0.25) is 0 Å². The molecule has 0 aliphatic heterocycles. The SMILES string of the molecule is CC.CC(C)(C)C(C)(CO)c1ccnc(Br)c1. The number of hydrogen-bond donors (Lipinski definition) is 1. The summed E-state index contributed by atoms with van der Waals surface area (Å²) in [6, 6.07) is 3.94. The molecule has 3 heteroatoms. The van der Waals surface area contributed by atoms with E-state index in [2.05, 4.69) is 48.6 Å². The van der Waals surface area contributed by atoms with E-state index in [1.54, 1.807) is 6.20 Å². The Morgan fingerprint density at radius 1 is 1.24 bits per heavy atom. The number of aromatic nitrogens is 1. The van der Waals surface area contributed by atoms with Gasteiger partial charge in [-0.1, -0.05) is 41.5 Å². The van der Waals surface area contributed by atoms with Crippen molar-refractivity contribution in [2.24, 2.45) is 5.41 Å². The zero-order valence-electron chi connectivity index (χ0n) is 11.7. The maximum absolute atomic E-state index is 9.63. The topological polar surface area (TPSA) is 33.1 Å². The molecule has 1 rings (SSSR count). The van der Waals surface area contributed by atoms with Crippen LogP contribution in [0, 0.1) is 5.41 Å². The van der Waals surface area contributed by atoms with Crippen molar-refractivity contribution in [2.75, 3.05) is 6.61 Å². The fourth-order valence-electron chi connectivity index (χ4n) is 1.51. The molecule has 0 aromatic carbocycles. The van der Waals surface area contributed by atoms with Crippen molar-refractivity contribution in [3.8, 4) is 0 Å². The molecule has 1 heterocycles. The minimum absolute atomic E-state index is 0.00252. The number of halogens is 1. The molecular formula is C14H24BrNO. The van der Waals surface area contributed by atoms with E-state index in [1.807, 2.05) is 26.0 Å². The van der Waals surface area contributed by atoms with Crippen LogP contribution < -0.4 is 0 Å². The Labute approximate surface area is 114 Å². The van der Waals surface area contributed by atoms with Crippen molar-refractivity contribution in [1.82, 2.24) is 4.98 Å². The van der Waals surface area contributed by atoms with E-state index >= 15 is 0 Å². The lowest BCUT2D eigenvalue weighted by Gasteiger charge is -2.41. The molecule has 0 radical (unpaired) electrons. The monoisotopic (exact) mass is 301 g/mol. The maximum atomic E-state index is 9.63. The Morgan fingerprint density at radius 3 is 2.12 bits per heavy atom. The number of pyridine rings is 1. The van der Waals surface area contributed by atoms with Gasteiger partial charge in [0, 0.05) is 11.6 Å². The second-order valence-electron chi connectivity index (χ2n) is 5.11. The summed E-state index contributed by atoms with van der Waals surface area (Å²) in [5, 5.41) is 9.63. The van der Waals surface area contributed by atoms with Crippen LogP contribution in [0.4, 0.5) is 0 Å². The molecule has 0 saturated carbocycles. The molecule has 1 unspecified atom stereocenters. The van der Waals surface area contributed by atoms with Gasteiger partial charge in [-0.15, -0.1) is 0 Å². The molecule has 0 spiro atoms. The van der Waals surface area contributed by atoms with E-state index in [-0.39, 0.29) is 17.4 Å². The molecule has 0 saturated heterocycles. The molecule has 1 aromatic heterocycles. The standard InChI is InChI=1S/C12H18BrNO.C2H6/c1-11(2,3)12(4,8-15)9-5-6-14-10(13)7-9;1-2/h5-7,15H,8H2,1-4H3;1-2H3. The summed E-state index contributed by atoms with van der Waals surface area (Å²) >= 11 is 3.36. The highest BCUT2D eigenvalue weighted by Crippen LogP contribution is 2.41. The molecular weight excluding hydrogens is 278 g/mol. The van der Waals surface area contributed by atoms with E-state index in [4.69, 9.17) is 0 Å². The highest BCUT2D eigenvalue weighted by atomic mass is 79.9. The van der Waals surface area contributed by atoms with Gasteiger partial charge in [0.15, 0.2) is 0 Å². The molecule has 98 valence electrons. The van der Waals surface area contributed by atoms with Gasteiger partial charge in [-0.05, 0) is 39.0 Å². The maximum Gasteiger partial charge on any atom is 0.106 e. The molecule has 17 heavy (non-hydrogen) atoms. The first-order valence-corrected chi connectivity index (χ1v) is 6.83. The van der Waals surface area contributed by atoms with E-state index in [9.17, 15) is 5.11 Å². The molecule has 1 N–H and O–H groups in total. The Bertz CT molecular complexity index is 346. The number of hydrogen-bond acceptors (Lipinski definition) is 2. The normalized spacial score (nSPS) is 14.6. The summed E-state index contributed by atoms with van der Waals surface area (Å²) in [6.45, 7) is 12.6. The third-order valence-electron chi connectivity index (χ3n) is 3.34. The third-order valence-corrected chi connectivity index (χ3v) is 3.77. The highest BCUT2D eigenvalue weighted by molar-refractivity contribution is 9.10. The second-order valence-corrected chi connectivity index (χ2v) is 5.92. The molecule has 2 nitrogen and oxygen atoms in total. The van der Waals surface area contributed by atoms with Crippen LogP contribution in [-0.2, 0) is 5.41 Å². The molecule has 1 atom stereocenters. The first-order valence-electron chi connectivity index (χ1n) is 6.04. The van der Waals surface area contributed by atoms with Crippen molar-refractivity contribution in [2.45, 2.75) is 47.0 Å². The van der Waals surface area contributed by atoms with E-state index in [1.165, 1.54) is 0 Å². The largest absolute Gasteiger partial charge is 0.395 e. The van der Waals surface area contributed by atoms with E-state index < -0.39 is 0 Å². The van der Waals surface area contributed by atoms with Gasteiger partial charge in [-0.3, -0.25) is 0 Å². The molecule has 0 aliphatic rings. The molecule has 0 aliphatic carbocycles. The minimum atomic E-state index is -0.252. The highest BCUT2D eigenvalue weighted by Gasteiger charge is 2.38. The van der Waals surface area contributed by atoms with Crippen LogP contribution in [0.15, 0.2) is 22.9 Å². The first-order chi connectivity index (χ1) is 7.81. The van der Waals surface area contributed by atoms with Crippen molar-refractivity contribution in [3.05, 3.63) is 28.5 Å². The number of aliphatic hydroxyl groups excluding tert-OH is 1. The number of aliphatic hydroxyl groups is 1. The molecule has 0 amide bonds. The summed E-state index contributed by atoms with van der Waals surface area (Å²) in [5.41, 5.74) is 0.862. The predicted molar refractivity (Wildman–Crippen MR) is 77.2 cm³/mol. The predicted octanol–water partition coefficient (Wildman–Crippen LogP) is 4.17. The van der Waals surface area contributed by atoms with Gasteiger partial charge >= 0.3 is 0 Å². The first kappa shape index (κ1) is 16.6. The average Bonchev–Trinajstić information content (AvgIpc) is 2.29. The Balaban J connectivity index is 0.00000121. The lowest BCUT2D eigenvalue weighted by Crippen LogP contribution is -2.40. The number of nitrogens with zero attached hydrogens (tertiary/aromatic N) is 1. The summed E-state index contributed by atoms with van der Waals surface area (Å²) in [6.07, 6.45) is 1.76. The van der Waals surface area contributed by atoms with Crippen molar-refractivity contribution >= 4 is 15.9 Å². The van der Waals surface area contributed by atoms with E-state index in [0.717, 1.165) is 10.2 Å². The number of rotatable bonds is 2. The van der Waals surface area contributed by atoms with Crippen LogP contribution in [-0.4, -0.2) is 16.7 Å². The van der Waals surface area contributed by atoms with Crippen LogP contribution in [0.1, 0.15) is 47.1 Å². The molecule has 0 bridgehead atoms. The smallest absolute Gasteiger partial charge is 0.106 e. The lowest BCUT2D eigenvalue weighted by molar-refractivity contribution is 0.104. The van der Waals surface area contributed by atoms with Crippen molar-refractivity contribution in [1.29, 1.82) is 0 Å². The lowest BCUT2D eigenvalue weighted by atomic mass is 9.65. The Hall–Kier alpha value is -0.410. The van der Waals surface area contributed by atoms with Gasteiger partial charge in [0.2, 0.25) is 0 Å². The third kappa shape index (κ3) is 3.78. The quantitative estimate of drug-likeness (QED) is 0.832. The van der Waals surface area contributed by atoms with Gasteiger partial charge < -0.3 is 5.11 Å². The van der Waals surface area contributed by atoms with Crippen LogP contribution >= 0.6 is 15.9 Å². The van der Waals surface area contributed by atoms with Gasteiger partial charge in [0.25, 0.3) is 0 Å². The zero-order chi connectivity index (χ0) is 13.7. The molecule has 0 fully saturated rings. The summed E-state index contributed by atoms with van der Waals surface area (Å²) < 4.78 is 0.809. The zero-order valence-corrected chi connectivity index (χ0v) is 13.3. The average molecular weight is 302 g/mol. The van der Waals surface area contributed by atoms with Crippen molar-refractivity contribution < 1.29 is 5.11 Å². The van der Waals surface area contributed by atoms with E-state index in [0.29, 0.717) is 0 Å². The fourth-order valence-corrected chi connectivity index (χ4v) is 1.87. The summed E-state index contributed by atoms with van der Waals surface area (Å²) in [7, 11) is 0. The fraction of sp³-hybridized carbons (Fsp3) is 0.643. The van der Waals surface area contributed by atoms with Crippen LogP contribution in [0.3, 0.4) is 0 Å². The Kier molecular flexibility index (Phi) is 6.35. The molecule has 1 aromatic rings. The van der Waals surface area contributed by atoms with Crippen molar-refractivity contribution in [3.63, 3.8) is 0 Å². The minimum Gasteiger partial charge on any atom is -0.395 e. The van der Waals surface area contributed by atoms with Gasteiger partial charge in [0.05, 0.1) is 6.61 Å². The summed E-state index contributed by atoms with van der Waals surface area (Å²) in [4.78, 5) is 4.10. The van der Waals surface area contributed by atoms with Crippen LogP contribution in [0.5, 0.6) is 0 Å². The Morgan fingerprint density at radius 2 is 1.76 bits per heavy atom. The van der Waals surface area contributed by atoms with Crippen LogP contribution in [0.25, 0.3) is 0 Å². The van der Waals surface area contributed by atoms with Gasteiger partial charge in [0.1, 0.15) is 4.60 Å². The van der Waals surface area contributed by atoms with Gasteiger partial charge in [-0.25, -0.2) is 4.98 Å². The second kappa shape index (κ2) is 6.50. The van der Waals surface area contributed by atoms with Gasteiger partial charge in [-0.2, -0.15) is 0 Å². The summed E-state index contributed by atoms with van der Waals surface area (Å²) in [5.74, 6) is 0.